The van der Waals surface area contributed by atoms with E-state index in [4.69, 9.17) is 14.5 Å². The van der Waals surface area contributed by atoms with Gasteiger partial charge in [-0.3, -0.25) is 4.79 Å². The van der Waals surface area contributed by atoms with Crippen LogP contribution in [0.25, 0.3) is 11.0 Å². The number of aromatic nitrogens is 2. The lowest BCUT2D eigenvalue weighted by atomic mass is 10.2. The smallest absolute Gasteiger partial charge is 0.222 e. The molecule has 6 heteroatoms. The molecule has 0 saturated carbocycles. The van der Waals surface area contributed by atoms with Crippen LogP contribution < -0.4 is 14.8 Å². The Morgan fingerprint density at radius 1 is 1.10 bits per heavy atom. The standard InChI is InChI=1S/C23H29N3O3/c1-17(2)23(27)24-16-22-25-20-11-4-5-12-21(20)26(22)13-6-7-14-29-19-10-8-9-18(15-19)28-3/h4-5,8-12,15,17H,6-7,13-14,16H2,1-3H3,(H,24,27). The van der Waals surface area contributed by atoms with E-state index in [0.29, 0.717) is 13.2 Å². The lowest BCUT2D eigenvalue weighted by Crippen LogP contribution is -2.28. The van der Waals surface area contributed by atoms with Crippen LogP contribution in [0.5, 0.6) is 11.5 Å². The van der Waals surface area contributed by atoms with Gasteiger partial charge in [-0.1, -0.05) is 32.0 Å². The largest absolute Gasteiger partial charge is 0.497 e. The summed E-state index contributed by atoms with van der Waals surface area (Å²) < 4.78 is 13.2. The number of hydrogen-bond donors (Lipinski definition) is 1. The lowest BCUT2D eigenvalue weighted by Gasteiger charge is -2.12. The first kappa shape index (κ1) is 20.7. The first-order valence-electron chi connectivity index (χ1n) is 10.1. The predicted molar refractivity (Wildman–Crippen MR) is 114 cm³/mol. The predicted octanol–water partition coefficient (Wildman–Crippen LogP) is 4.18. The summed E-state index contributed by atoms with van der Waals surface area (Å²) in [5.74, 6) is 2.49. The van der Waals surface area contributed by atoms with Crippen LogP contribution in [-0.2, 0) is 17.9 Å². The van der Waals surface area contributed by atoms with Crippen LogP contribution in [0.2, 0.25) is 0 Å². The monoisotopic (exact) mass is 395 g/mol. The van der Waals surface area contributed by atoms with Crippen molar-refractivity contribution in [1.82, 2.24) is 14.9 Å². The zero-order valence-corrected chi connectivity index (χ0v) is 17.4. The molecule has 6 nitrogen and oxygen atoms in total. The van der Waals surface area contributed by atoms with Gasteiger partial charge in [0.1, 0.15) is 17.3 Å². The number of para-hydroxylation sites is 2. The summed E-state index contributed by atoms with van der Waals surface area (Å²) in [6, 6.07) is 15.7. The number of carbonyl (C=O) groups is 1. The molecule has 0 unspecified atom stereocenters. The first-order chi connectivity index (χ1) is 14.1. The number of benzene rings is 2. The molecule has 0 aliphatic carbocycles. The molecule has 154 valence electrons. The molecule has 0 atom stereocenters. The fraction of sp³-hybridized carbons (Fsp3) is 0.391. The molecule has 0 bridgehead atoms. The molecule has 1 aromatic heterocycles. The number of amides is 1. The van der Waals surface area contributed by atoms with E-state index < -0.39 is 0 Å². The molecular weight excluding hydrogens is 366 g/mol. The van der Waals surface area contributed by atoms with Crippen LogP contribution in [0.15, 0.2) is 48.5 Å². The van der Waals surface area contributed by atoms with E-state index in [1.54, 1.807) is 7.11 Å². The summed E-state index contributed by atoms with van der Waals surface area (Å²) in [7, 11) is 1.65. The first-order valence-corrected chi connectivity index (χ1v) is 10.1. The second kappa shape index (κ2) is 9.96. The molecule has 1 amide bonds. The van der Waals surface area contributed by atoms with Crippen molar-refractivity contribution < 1.29 is 14.3 Å². The van der Waals surface area contributed by atoms with Crippen LogP contribution >= 0.6 is 0 Å². The molecule has 0 saturated heterocycles. The summed E-state index contributed by atoms with van der Waals surface area (Å²) in [5.41, 5.74) is 2.05. The van der Waals surface area contributed by atoms with Crippen molar-refractivity contribution >= 4 is 16.9 Å². The van der Waals surface area contributed by atoms with Crippen molar-refractivity contribution in [3.63, 3.8) is 0 Å². The number of rotatable bonds is 10. The maximum Gasteiger partial charge on any atom is 0.222 e. The van der Waals surface area contributed by atoms with Gasteiger partial charge in [0.2, 0.25) is 5.91 Å². The van der Waals surface area contributed by atoms with Gasteiger partial charge in [-0.25, -0.2) is 4.98 Å². The number of aryl methyl sites for hydroxylation is 1. The molecule has 0 spiro atoms. The Morgan fingerprint density at radius 2 is 1.90 bits per heavy atom. The van der Waals surface area contributed by atoms with E-state index in [9.17, 15) is 4.79 Å². The highest BCUT2D eigenvalue weighted by Crippen LogP contribution is 2.20. The number of fused-ring (bicyclic) bond motifs is 1. The fourth-order valence-electron chi connectivity index (χ4n) is 3.13. The van der Waals surface area contributed by atoms with E-state index >= 15 is 0 Å². The van der Waals surface area contributed by atoms with Gasteiger partial charge in [-0.15, -0.1) is 0 Å². The Morgan fingerprint density at radius 3 is 2.69 bits per heavy atom. The molecule has 29 heavy (non-hydrogen) atoms. The number of unbranched alkanes of at least 4 members (excludes halogenated alkanes) is 1. The highest BCUT2D eigenvalue weighted by molar-refractivity contribution is 5.78. The average Bonchev–Trinajstić information content (AvgIpc) is 3.09. The van der Waals surface area contributed by atoms with Gasteiger partial charge < -0.3 is 19.4 Å². The number of imidazole rings is 1. The Bertz CT molecular complexity index is 949. The number of methoxy groups -OCH3 is 1. The van der Waals surface area contributed by atoms with Gasteiger partial charge in [0.15, 0.2) is 0 Å². The third-order valence-corrected chi connectivity index (χ3v) is 4.76. The van der Waals surface area contributed by atoms with Gasteiger partial charge in [0, 0.05) is 18.5 Å². The van der Waals surface area contributed by atoms with E-state index in [2.05, 4.69) is 16.0 Å². The summed E-state index contributed by atoms with van der Waals surface area (Å²) in [4.78, 5) is 16.7. The van der Waals surface area contributed by atoms with Gasteiger partial charge in [-0.2, -0.15) is 0 Å². The zero-order chi connectivity index (χ0) is 20.6. The van der Waals surface area contributed by atoms with Crippen molar-refractivity contribution in [3.05, 3.63) is 54.4 Å². The number of carbonyl (C=O) groups excluding carboxylic acids is 1. The van der Waals surface area contributed by atoms with E-state index in [1.807, 2.05) is 56.3 Å². The van der Waals surface area contributed by atoms with Crippen LogP contribution in [-0.4, -0.2) is 29.2 Å². The van der Waals surface area contributed by atoms with Crippen LogP contribution in [0, 0.1) is 5.92 Å². The highest BCUT2D eigenvalue weighted by Gasteiger charge is 2.12. The van der Waals surface area contributed by atoms with Crippen LogP contribution in [0.3, 0.4) is 0 Å². The molecule has 0 fully saturated rings. The Hall–Kier alpha value is -3.02. The second-order valence-corrected chi connectivity index (χ2v) is 7.28. The molecular formula is C23H29N3O3. The summed E-state index contributed by atoms with van der Waals surface area (Å²) >= 11 is 0. The molecule has 0 aliphatic rings. The van der Waals surface area contributed by atoms with Crippen molar-refractivity contribution in [3.8, 4) is 11.5 Å². The molecule has 3 aromatic rings. The van der Waals surface area contributed by atoms with Crippen LogP contribution in [0.4, 0.5) is 0 Å². The number of nitrogens with zero attached hydrogens (tertiary/aromatic N) is 2. The molecule has 0 aliphatic heterocycles. The van der Waals surface area contributed by atoms with Gasteiger partial charge >= 0.3 is 0 Å². The topological polar surface area (TPSA) is 65.4 Å². The minimum atomic E-state index is -0.0402. The lowest BCUT2D eigenvalue weighted by molar-refractivity contribution is -0.124. The number of ether oxygens (including phenoxy) is 2. The number of hydrogen-bond acceptors (Lipinski definition) is 4. The quantitative estimate of drug-likeness (QED) is 0.523. The Balaban J connectivity index is 1.58. The summed E-state index contributed by atoms with van der Waals surface area (Å²) in [6.07, 6.45) is 1.87. The molecule has 1 heterocycles. The fourth-order valence-corrected chi connectivity index (χ4v) is 3.13. The normalized spacial score (nSPS) is 11.0. The van der Waals surface area contributed by atoms with Gasteiger partial charge in [-0.05, 0) is 37.1 Å². The molecule has 1 N–H and O–H groups in total. The van der Waals surface area contributed by atoms with E-state index in [0.717, 1.165) is 47.7 Å². The second-order valence-electron chi connectivity index (χ2n) is 7.28. The van der Waals surface area contributed by atoms with Crippen molar-refractivity contribution in [2.45, 2.75) is 39.8 Å². The van der Waals surface area contributed by atoms with E-state index in [1.165, 1.54) is 0 Å². The maximum atomic E-state index is 11.9. The minimum absolute atomic E-state index is 0.0373. The summed E-state index contributed by atoms with van der Waals surface area (Å²) in [6.45, 7) is 5.68. The SMILES string of the molecule is COc1cccc(OCCCCn2c(CNC(=O)C(C)C)nc3ccccc32)c1. The van der Waals surface area contributed by atoms with E-state index in [-0.39, 0.29) is 11.8 Å². The Kier molecular flexibility index (Phi) is 7.11. The van der Waals surface area contributed by atoms with Crippen molar-refractivity contribution in [2.24, 2.45) is 5.92 Å². The summed E-state index contributed by atoms with van der Waals surface area (Å²) in [5, 5.41) is 2.97. The maximum absolute atomic E-state index is 11.9. The Labute approximate surface area is 171 Å². The molecule has 2 aromatic carbocycles. The average molecular weight is 396 g/mol. The van der Waals surface area contributed by atoms with Gasteiger partial charge in [0.05, 0.1) is 31.3 Å². The zero-order valence-electron chi connectivity index (χ0n) is 17.4. The number of nitrogens with one attached hydrogen (secondary N) is 1. The molecule has 3 rings (SSSR count). The highest BCUT2D eigenvalue weighted by atomic mass is 16.5. The molecule has 0 radical (unpaired) electrons. The van der Waals surface area contributed by atoms with Crippen molar-refractivity contribution in [1.29, 1.82) is 0 Å². The third-order valence-electron chi connectivity index (χ3n) is 4.76. The van der Waals surface area contributed by atoms with Crippen LogP contribution in [0.1, 0.15) is 32.5 Å². The third kappa shape index (κ3) is 5.50. The minimum Gasteiger partial charge on any atom is -0.497 e. The van der Waals surface area contributed by atoms with Gasteiger partial charge in [0.25, 0.3) is 0 Å². The van der Waals surface area contributed by atoms with Crippen molar-refractivity contribution in [2.75, 3.05) is 13.7 Å².